The Kier molecular flexibility index (Phi) is 3.72. The molecule has 0 aliphatic heterocycles. The molecule has 0 bridgehead atoms. The lowest BCUT2D eigenvalue weighted by Crippen LogP contribution is -2.11. The van der Waals surface area contributed by atoms with E-state index < -0.39 is 16.0 Å². The van der Waals surface area contributed by atoms with Gasteiger partial charge in [0.2, 0.25) is 15.9 Å². The molecule has 9 heteroatoms. The largest absolute Gasteiger partial charge is 0.484 e. The zero-order valence-corrected chi connectivity index (χ0v) is 10.8. The van der Waals surface area contributed by atoms with E-state index in [0.717, 1.165) is 6.26 Å². The van der Waals surface area contributed by atoms with Gasteiger partial charge in [-0.3, -0.25) is 0 Å². The average molecular weight is 298 g/mol. The number of sulfonamides is 1. The first-order valence-corrected chi connectivity index (χ1v) is 6.84. The van der Waals surface area contributed by atoms with Crippen molar-refractivity contribution in [2.45, 2.75) is 11.5 Å². The molecule has 2 aromatic rings. The third-order valence-corrected chi connectivity index (χ3v) is 3.21. The normalized spacial score (nSPS) is 11.2. The first kappa shape index (κ1) is 14.0. The van der Waals surface area contributed by atoms with Crippen LogP contribution in [0.25, 0.3) is 0 Å². The topological polar surface area (TPSA) is 133 Å². The van der Waals surface area contributed by atoms with Gasteiger partial charge in [-0.1, -0.05) is 0 Å². The summed E-state index contributed by atoms with van der Waals surface area (Å²) in [6.07, 6.45) is 1.01. The van der Waals surface area contributed by atoms with Crippen LogP contribution in [0.2, 0.25) is 0 Å². The quantitative estimate of drug-likeness (QED) is 0.825. The maximum Gasteiger partial charge on any atom is 0.357 e. The standard InChI is InChI=1S/C11H10N2O6S/c12-20(16,17)8-3-1-7(2-4-8)18-6-10-13-9(5-19-10)11(14)15/h1-5H,6H2,(H,14,15)(H2,12,16,17). The van der Waals surface area contributed by atoms with Crippen LogP contribution in [0.3, 0.4) is 0 Å². The van der Waals surface area contributed by atoms with Crippen molar-refractivity contribution in [3.8, 4) is 5.75 Å². The van der Waals surface area contributed by atoms with E-state index in [2.05, 4.69) is 4.98 Å². The van der Waals surface area contributed by atoms with Gasteiger partial charge < -0.3 is 14.3 Å². The molecule has 2 rings (SSSR count). The smallest absolute Gasteiger partial charge is 0.357 e. The number of hydrogen-bond donors (Lipinski definition) is 2. The number of carboxylic acids is 1. The Morgan fingerprint density at radius 3 is 2.50 bits per heavy atom. The van der Waals surface area contributed by atoms with Crippen LogP contribution in [0, 0.1) is 0 Å². The SMILES string of the molecule is NS(=O)(=O)c1ccc(OCc2nc(C(=O)O)co2)cc1. The van der Waals surface area contributed by atoms with E-state index in [1.165, 1.54) is 24.3 Å². The second kappa shape index (κ2) is 5.31. The molecule has 8 nitrogen and oxygen atoms in total. The van der Waals surface area contributed by atoms with E-state index in [1.54, 1.807) is 0 Å². The van der Waals surface area contributed by atoms with Crippen molar-refractivity contribution in [2.75, 3.05) is 0 Å². The van der Waals surface area contributed by atoms with E-state index in [9.17, 15) is 13.2 Å². The molecule has 0 saturated heterocycles. The molecule has 0 saturated carbocycles. The third-order valence-electron chi connectivity index (χ3n) is 2.29. The Morgan fingerprint density at radius 2 is 2.00 bits per heavy atom. The zero-order chi connectivity index (χ0) is 14.8. The Bertz CT molecular complexity index is 720. The minimum absolute atomic E-state index is 0.0332. The Hall–Kier alpha value is -2.39. The van der Waals surface area contributed by atoms with Gasteiger partial charge in [0, 0.05) is 0 Å². The fourth-order valence-corrected chi connectivity index (χ4v) is 1.86. The Morgan fingerprint density at radius 1 is 1.35 bits per heavy atom. The highest BCUT2D eigenvalue weighted by atomic mass is 32.2. The van der Waals surface area contributed by atoms with Crippen molar-refractivity contribution in [3.05, 3.63) is 42.1 Å². The van der Waals surface area contributed by atoms with Gasteiger partial charge >= 0.3 is 5.97 Å². The second-order valence-corrected chi connectivity index (χ2v) is 5.30. The molecule has 0 aliphatic carbocycles. The lowest BCUT2D eigenvalue weighted by molar-refractivity contribution is 0.0690. The van der Waals surface area contributed by atoms with Crippen molar-refractivity contribution in [2.24, 2.45) is 5.14 Å². The van der Waals surface area contributed by atoms with Crippen LogP contribution in [0.1, 0.15) is 16.4 Å². The lowest BCUT2D eigenvalue weighted by Gasteiger charge is -2.04. The van der Waals surface area contributed by atoms with Crippen molar-refractivity contribution < 1.29 is 27.5 Å². The van der Waals surface area contributed by atoms with Crippen LogP contribution in [-0.2, 0) is 16.6 Å². The first-order valence-electron chi connectivity index (χ1n) is 5.29. The molecule has 20 heavy (non-hydrogen) atoms. The molecule has 0 unspecified atom stereocenters. The predicted octanol–water partition coefficient (Wildman–Crippen LogP) is 0.599. The van der Waals surface area contributed by atoms with Crippen molar-refractivity contribution in [1.29, 1.82) is 0 Å². The maximum atomic E-state index is 11.0. The summed E-state index contributed by atoms with van der Waals surface area (Å²) in [4.78, 5) is 14.2. The molecule has 0 fully saturated rings. The van der Waals surface area contributed by atoms with Gasteiger partial charge in [-0.15, -0.1) is 0 Å². The van der Waals surface area contributed by atoms with E-state index in [0.29, 0.717) is 5.75 Å². The highest BCUT2D eigenvalue weighted by Gasteiger charge is 2.11. The number of rotatable bonds is 5. The number of hydrogen-bond acceptors (Lipinski definition) is 6. The number of primary sulfonamides is 1. The number of ether oxygens (including phenoxy) is 1. The molecule has 3 N–H and O–H groups in total. The summed E-state index contributed by atoms with van der Waals surface area (Å²) in [5.74, 6) is -0.733. The predicted molar refractivity (Wildman–Crippen MR) is 65.6 cm³/mol. The fraction of sp³-hybridized carbons (Fsp3) is 0.0909. The molecular weight excluding hydrogens is 288 g/mol. The highest BCUT2D eigenvalue weighted by molar-refractivity contribution is 7.89. The van der Waals surface area contributed by atoms with E-state index >= 15 is 0 Å². The molecule has 0 radical (unpaired) electrons. The summed E-state index contributed by atoms with van der Waals surface area (Å²) >= 11 is 0. The number of carbonyl (C=O) groups is 1. The Labute approximate surface area is 113 Å². The minimum atomic E-state index is -3.74. The molecule has 0 amide bonds. The van der Waals surface area contributed by atoms with Gasteiger partial charge in [-0.25, -0.2) is 23.3 Å². The monoisotopic (exact) mass is 298 g/mol. The van der Waals surface area contributed by atoms with E-state index in [-0.39, 0.29) is 23.1 Å². The second-order valence-electron chi connectivity index (χ2n) is 3.74. The van der Waals surface area contributed by atoms with Gasteiger partial charge in [0.25, 0.3) is 0 Å². The molecule has 0 atom stereocenters. The number of oxazole rings is 1. The maximum absolute atomic E-state index is 11.0. The third kappa shape index (κ3) is 3.33. The number of carboxylic acid groups (broad SMARTS) is 1. The number of nitrogens with two attached hydrogens (primary N) is 1. The summed E-state index contributed by atoms with van der Waals surface area (Å²) in [7, 11) is -3.74. The van der Waals surface area contributed by atoms with Gasteiger partial charge in [-0.05, 0) is 24.3 Å². The zero-order valence-electron chi connectivity index (χ0n) is 10.0. The van der Waals surface area contributed by atoms with Crippen LogP contribution in [0.5, 0.6) is 5.75 Å². The van der Waals surface area contributed by atoms with Crippen molar-refractivity contribution >= 4 is 16.0 Å². The molecule has 0 aliphatic rings. The van der Waals surface area contributed by atoms with Gasteiger partial charge in [0.15, 0.2) is 12.3 Å². The lowest BCUT2D eigenvalue weighted by atomic mass is 10.3. The van der Waals surface area contributed by atoms with Gasteiger partial charge in [0.05, 0.1) is 4.90 Å². The van der Waals surface area contributed by atoms with E-state index in [4.69, 9.17) is 19.4 Å². The first-order chi connectivity index (χ1) is 9.36. The van der Waals surface area contributed by atoms with E-state index in [1.807, 2.05) is 0 Å². The molecule has 1 aromatic heterocycles. The average Bonchev–Trinajstić information content (AvgIpc) is 2.85. The molecule has 1 heterocycles. The van der Waals surface area contributed by atoms with Crippen LogP contribution in [-0.4, -0.2) is 24.5 Å². The Balaban J connectivity index is 2.02. The number of benzene rings is 1. The fourth-order valence-electron chi connectivity index (χ4n) is 1.35. The van der Waals surface area contributed by atoms with Crippen molar-refractivity contribution in [3.63, 3.8) is 0 Å². The number of nitrogens with zero attached hydrogens (tertiary/aromatic N) is 1. The van der Waals surface area contributed by atoms with Crippen LogP contribution >= 0.6 is 0 Å². The van der Waals surface area contributed by atoms with Crippen LogP contribution in [0.4, 0.5) is 0 Å². The number of aromatic carboxylic acids is 1. The molecule has 0 spiro atoms. The van der Waals surface area contributed by atoms with Gasteiger partial charge in [-0.2, -0.15) is 0 Å². The van der Waals surface area contributed by atoms with Crippen LogP contribution in [0.15, 0.2) is 39.8 Å². The van der Waals surface area contributed by atoms with Crippen molar-refractivity contribution in [1.82, 2.24) is 4.98 Å². The summed E-state index contributed by atoms with van der Waals surface area (Å²) in [6.45, 7) is -0.0813. The number of aromatic nitrogens is 1. The summed E-state index contributed by atoms with van der Waals surface area (Å²) < 4.78 is 32.3. The molecule has 106 valence electrons. The summed E-state index contributed by atoms with van der Waals surface area (Å²) in [6, 6.07) is 5.42. The van der Waals surface area contributed by atoms with Gasteiger partial charge in [0.1, 0.15) is 12.0 Å². The minimum Gasteiger partial charge on any atom is -0.484 e. The van der Waals surface area contributed by atoms with Crippen LogP contribution < -0.4 is 9.88 Å². The molecule has 1 aromatic carbocycles. The summed E-state index contributed by atoms with van der Waals surface area (Å²) in [5, 5.41) is 13.6. The molecular formula is C11H10N2O6S. The summed E-state index contributed by atoms with van der Waals surface area (Å²) in [5.41, 5.74) is -0.215. The highest BCUT2D eigenvalue weighted by Crippen LogP contribution is 2.16.